The van der Waals surface area contributed by atoms with E-state index in [1.54, 1.807) is 0 Å². The van der Waals surface area contributed by atoms with Crippen LogP contribution in [0.4, 0.5) is 0 Å². The Morgan fingerprint density at radius 3 is 2.47 bits per heavy atom. The molecular formula is C14H26N2O2S. The Hall–Kier alpha value is -0.100. The molecule has 1 heterocycles. The van der Waals surface area contributed by atoms with Crippen molar-refractivity contribution >= 4 is 17.1 Å². The highest BCUT2D eigenvalue weighted by Crippen LogP contribution is 2.45. The molecule has 0 amide bonds. The normalized spacial score (nSPS) is 32.8. The van der Waals surface area contributed by atoms with Gasteiger partial charge in [-0.2, -0.15) is 0 Å². The van der Waals surface area contributed by atoms with Crippen LogP contribution in [-0.4, -0.2) is 34.2 Å². The van der Waals surface area contributed by atoms with Gasteiger partial charge in [-0.3, -0.25) is 4.79 Å². The summed E-state index contributed by atoms with van der Waals surface area (Å²) < 4.78 is 15.4. The quantitative estimate of drug-likeness (QED) is 0.753. The van der Waals surface area contributed by atoms with E-state index >= 15 is 0 Å². The number of Topliss-reactive ketones (excluding diaryl/α,β-unsaturated/α-hetero) is 1. The lowest BCUT2D eigenvalue weighted by Crippen LogP contribution is -2.56. The number of nitrogens with one attached hydrogen (secondary N) is 2. The molecule has 2 aliphatic rings. The van der Waals surface area contributed by atoms with Gasteiger partial charge in [0.25, 0.3) is 0 Å². The summed E-state index contributed by atoms with van der Waals surface area (Å²) in [6.45, 7) is 9.77. The molecule has 110 valence electrons. The zero-order valence-corrected chi connectivity index (χ0v) is 13.2. The van der Waals surface area contributed by atoms with Crippen LogP contribution in [0.15, 0.2) is 0 Å². The lowest BCUT2D eigenvalue weighted by Gasteiger charge is -2.40. The van der Waals surface area contributed by atoms with Gasteiger partial charge in [-0.05, 0) is 52.6 Å². The molecule has 1 aliphatic carbocycles. The van der Waals surface area contributed by atoms with Crippen molar-refractivity contribution in [2.75, 3.05) is 13.1 Å². The van der Waals surface area contributed by atoms with E-state index in [1.165, 1.54) is 0 Å². The van der Waals surface area contributed by atoms with Gasteiger partial charge >= 0.3 is 0 Å². The van der Waals surface area contributed by atoms with Gasteiger partial charge in [-0.1, -0.05) is 6.92 Å². The molecule has 1 saturated heterocycles. The van der Waals surface area contributed by atoms with Gasteiger partial charge in [-0.25, -0.2) is 0 Å². The highest BCUT2D eigenvalue weighted by atomic mass is 32.2. The van der Waals surface area contributed by atoms with Crippen molar-refractivity contribution in [3.63, 3.8) is 0 Å². The molecule has 2 N–H and O–H groups in total. The number of piperidine rings is 1. The third kappa shape index (κ3) is 2.84. The first-order chi connectivity index (χ1) is 8.77. The molecule has 19 heavy (non-hydrogen) atoms. The van der Waals surface area contributed by atoms with Crippen molar-refractivity contribution in [2.24, 2.45) is 11.3 Å². The van der Waals surface area contributed by atoms with Gasteiger partial charge in [0.15, 0.2) is 0 Å². The fourth-order valence-corrected chi connectivity index (χ4v) is 4.36. The van der Waals surface area contributed by atoms with E-state index in [0.29, 0.717) is 12.2 Å². The summed E-state index contributed by atoms with van der Waals surface area (Å²) in [7, 11) is 0. The van der Waals surface area contributed by atoms with Crippen molar-refractivity contribution in [1.82, 2.24) is 10.0 Å². The predicted molar refractivity (Wildman–Crippen MR) is 78.1 cm³/mol. The summed E-state index contributed by atoms with van der Waals surface area (Å²) in [5, 5.41) is 3.32. The Bertz CT molecular complexity index is 348. The van der Waals surface area contributed by atoms with Crippen LogP contribution in [0.3, 0.4) is 0 Å². The van der Waals surface area contributed by atoms with Gasteiger partial charge in [0.1, 0.15) is 10.5 Å². The Kier molecular flexibility index (Phi) is 4.31. The predicted octanol–water partition coefficient (Wildman–Crippen LogP) is 1.39. The third-order valence-corrected chi connectivity index (χ3v) is 6.09. The number of hydrogen-bond donors (Lipinski definition) is 2. The van der Waals surface area contributed by atoms with Crippen molar-refractivity contribution in [3.05, 3.63) is 0 Å². The molecule has 0 radical (unpaired) electrons. The Morgan fingerprint density at radius 1 is 1.37 bits per heavy atom. The maximum Gasteiger partial charge on any atom is 0.141 e. The molecule has 1 spiro atoms. The monoisotopic (exact) mass is 286 g/mol. The largest absolute Gasteiger partial charge is 0.598 e. The van der Waals surface area contributed by atoms with Crippen molar-refractivity contribution in [2.45, 2.75) is 57.7 Å². The van der Waals surface area contributed by atoms with Gasteiger partial charge in [0.2, 0.25) is 0 Å². The number of hydrogen-bond acceptors (Lipinski definition) is 4. The van der Waals surface area contributed by atoms with Crippen LogP contribution in [-0.2, 0) is 16.2 Å². The van der Waals surface area contributed by atoms with Crippen LogP contribution in [0.5, 0.6) is 0 Å². The maximum atomic E-state index is 12.4. The summed E-state index contributed by atoms with van der Waals surface area (Å²) >= 11 is -1.11. The third-order valence-electron chi connectivity index (χ3n) is 4.51. The minimum atomic E-state index is -1.11. The zero-order chi connectivity index (χ0) is 14.3. The molecule has 4 nitrogen and oxygen atoms in total. The molecule has 1 aliphatic heterocycles. The Balaban J connectivity index is 2.18. The molecule has 0 unspecified atom stereocenters. The Labute approximate surface area is 119 Å². The molecule has 1 saturated carbocycles. The van der Waals surface area contributed by atoms with Gasteiger partial charge in [0, 0.05) is 17.8 Å². The number of carbonyl (C=O) groups is 1. The fraction of sp³-hybridized carbons (Fsp3) is 0.929. The SMILES string of the molecule is C[C@H]1CC(=O)C2(CCNCC2)[C@@H]1N[S@+]([O-])C(C)(C)C. The summed E-state index contributed by atoms with van der Waals surface area (Å²) in [5.41, 5.74) is -0.286. The highest BCUT2D eigenvalue weighted by molar-refractivity contribution is 7.90. The number of carbonyl (C=O) groups excluding carboxylic acids is 1. The van der Waals surface area contributed by atoms with Crippen molar-refractivity contribution in [1.29, 1.82) is 0 Å². The molecule has 0 bridgehead atoms. The van der Waals surface area contributed by atoms with Crippen LogP contribution in [0.2, 0.25) is 0 Å². The van der Waals surface area contributed by atoms with Gasteiger partial charge in [-0.15, -0.1) is 4.72 Å². The summed E-state index contributed by atoms with van der Waals surface area (Å²) in [6, 6.07) is 0.0576. The van der Waals surface area contributed by atoms with Crippen molar-refractivity contribution < 1.29 is 9.35 Å². The van der Waals surface area contributed by atoms with Crippen LogP contribution in [0.25, 0.3) is 0 Å². The second kappa shape index (κ2) is 5.35. The first-order valence-corrected chi connectivity index (χ1v) is 8.34. The molecule has 2 fully saturated rings. The van der Waals surface area contributed by atoms with Crippen LogP contribution in [0, 0.1) is 11.3 Å². The number of rotatable bonds is 2. The van der Waals surface area contributed by atoms with E-state index < -0.39 is 11.4 Å². The minimum absolute atomic E-state index is 0.0576. The Morgan fingerprint density at radius 2 is 1.95 bits per heavy atom. The van der Waals surface area contributed by atoms with E-state index in [2.05, 4.69) is 17.0 Å². The molecule has 0 aromatic heterocycles. The number of ketones is 1. The van der Waals surface area contributed by atoms with Crippen LogP contribution >= 0.6 is 0 Å². The average molecular weight is 286 g/mol. The van der Waals surface area contributed by atoms with E-state index in [-0.39, 0.29) is 22.1 Å². The zero-order valence-electron chi connectivity index (χ0n) is 12.4. The summed E-state index contributed by atoms with van der Waals surface area (Å²) in [5.74, 6) is 0.641. The smallest absolute Gasteiger partial charge is 0.141 e. The molecular weight excluding hydrogens is 260 g/mol. The van der Waals surface area contributed by atoms with Gasteiger partial charge in [0.05, 0.1) is 11.5 Å². The average Bonchev–Trinajstić information content (AvgIpc) is 2.54. The molecule has 0 aromatic rings. The first kappa shape index (κ1) is 15.3. The highest BCUT2D eigenvalue weighted by Gasteiger charge is 2.55. The van der Waals surface area contributed by atoms with Crippen LogP contribution in [0.1, 0.15) is 47.0 Å². The van der Waals surface area contributed by atoms with E-state index in [1.807, 2.05) is 20.8 Å². The molecule has 3 atom stereocenters. The molecule has 0 aromatic carbocycles. The standard InChI is InChI=1S/C14H26N2O2S/c1-10-9-11(17)14(5-7-15-8-6-14)12(10)16-19(18)13(2,3)4/h10,12,15-16H,5-9H2,1-4H3/t10-,12+,19+/m0/s1. The molecule has 2 rings (SSSR count). The summed E-state index contributed by atoms with van der Waals surface area (Å²) in [4.78, 5) is 12.4. The fourth-order valence-electron chi connectivity index (χ4n) is 3.32. The first-order valence-electron chi connectivity index (χ1n) is 7.19. The van der Waals surface area contributed by atoms with E-state index in [0.717, 1.165) is 25.9 Å². The lowest BCUT2D eigenvalue weighted by molar-refractivity contribution is -0.127. The lowest BCUT2D eigenvalue weighted by atomic mass is 9.73. The van der Waals surface area contributed by atoms with Crippen LogP contribution < -0.4 is 10.0 Å². The second-order valence-electron chi connectivity index (χ2n) is 6.99. The van der Waals surface area contributed by atoms with E-state index in [4.69, 9.17) is 0 Å². The topological polar surface area (TPSA) is 64.2 Å². The maximum absolute atomic E-state index is 12.4. The van der Waals surface area contributed by atoms with Crippen molar-refractivity contribution in [3.8, 4) is 0 Å². The molecule has 5 heteroatoms. The van der Waals surface area contributed by atoms with Gasteiger partial charge < -0.3 is 9.87 Å². The van der Waals surface area contributed by atoms with E-state index in [9.17, 15) is 9.35 Å². The summed E-state index contributed by atoms with van der Waals surface area (Å²) in [6.07, 6.45) is 2.36. The second-order valence-corrected chi connectivity index (χ2v) is 8.99. The minimum Gasteiger partial charge on any atom is -0.598 e.